The van der Waals surface area contributed by atoms with E-state index in [2.05, 4.69) is 17.2 Å². The van der Waals surface area contributed by atoms with Gasteiger partial charge in [-0.3, -0.25) is 4.79 Å². The number of rotatable bonds is 24. The average Bonchev–Trinajstić information content (AvgIpc) is 3.83. The molecule has 2 heterocycles. The molecule has 0 spiro atoms. The van der Waals surface area contributed by atoms with Gasteiger partial charge in [-0.15, -0.1) is 0 Å². The molecule has 322 valence electrons. The van der Waals surface area contributed by atoms with Gasteiger partial charge in [0.2, 0.25) is 5.91 Å². The molecule has 0 saturated carbocycles. The fraction of sp³-hybridized carbons (Fsp3) is 0.458. The maximum absolute atomic E-state index is 14.9. The molecule has 1 aliphatic heterocycles. The van der Waals surface area contributed by atoms with Gasteiger partial charge in [-0.05, 0) is 53.8 Å². The van der Waals surface area contributed by atoms with E-state index in [0.717, 1.165) is 42.0 Å². The van der Waals surface area contributed by atoms with Crippen molar-refractivity contribution in [3.8, 4) is 11.5 Å². The fourth-order valence-electron chi connectivity index (χ4n) is 8.01. The summed E-state index contributed by atoms with van der Waals surface area (Å²) < 4.78 is 61.8. The van der Waals surface area contributed by atoms with E-state index >= 15 is 0 Å². The largest absolute Gasteiger partial charge is 0.497 e. The van der Waals surface area contributed by atoms with Gasteiger partial charge in [-0.2, -0.15) is 0 Å². The first kappa shape index (κ1) is 44.7. The summed E-state index contributed by atoms with van der Waals surface area (Å²) >= 11 is 0. The van der Waals surface area contributed by atoms with E-state index < -0.39 is 41.8 Å². The van der Waals surface area contributed by atoms with Gasteiger partial charge in [-0.1, -0.05) is 113 Å². The van der Waals surface area contributed by atoms with Crippen LogP contribution in [0.4, 0.5) is 8.78 Å². The number of hydrogen-bond acceptors (Lipinski definition) is 8. The van der Waals surface area contributed by atoms with Crippen LogP contribution in [0.1, 0.15) is 100 Å². The van der Waals surface area contributed by atoms with Crippen LogP contribution in [0.2, 0.25) is 0 Å². The van der Waals surface area contributed by atoms with E-state index in [-0.39, 0.29) is 30.2 Å². The van der Waals surface area contributed by atoms with Crippen molar-refractivity contribution in [1.29, 1.82) is 0 Å². The number of fused-ring (bicyclic) bond motifs is 1. The molecular formula is C48H59F2N3O7. The Hall–Kier alpha value is -4.88. The van der Waals surface area contributed by atoms with E-state index in [1.54, 1.807) is 14.2 Å². The Morgan fingerprint density at radius 3 is 2.03 bits per heavy atom. The number of aliphatic hydroxyl groups excluding tert-OH is 1. The third-order valence-corrected chi connectivity index (χ3v) is 11.3. The van der Waals surface area contributed by atoms with Crippen LogP contribution in [0.5, 0.6) is 11.5 Å². The van der Waals surface area contributed by atoms with Gasteiger partial charge in [0.15, 0.2) is 12.0 Å². The SMILES string of the molecule is CCCCCCCCCCCC(=O)NCCCO[C@@H]1[C@H](O)[C@@H](COC(c2ccccc2)(c2ccc(OC)cc2)c2ccc(OC)cc2)O[C@H]1n1cnc2c(F)cc(F)cc21. The van der Waals surface area contributed by atoms with Gasteiger partial charge in [0.1, 0.15) is 46.7 Å². The smallest absolute Gasteiger partial charge is 0.219 e. The highest BCUT2D eigenvalue weighted by molar-refractivity contribution is 5.76. The summed E-state index contributed by atoms with van der Waals surface area (Å²) in [7, 11) is 3.21. The molecule has 10 nitrogen and oxygen atoms in total. The molecule has 60 heavy (non-hydrogen) atoms. The molecule has 1 amide bonds. The molecule has 0 aliphatic carbocycles. The fourth-order valence-corrected chi connectivity index (χ4v) is 8.01. The van der Waals surface area contributed by atoms with Gasteiger partial charge >= 0.3 is 0 Å². The maximum atomic E-state index is 14.9. The number of methoxy groups -OCH3 is 2. The van der Waals surface area contributed by atoms with Crippen LogP contribution in [0, 0.1) is 11.6 Å². The van der Waals surface area contributed by atoms with Crippen LogP contribution in [-0.2, 0) is 24.6 Å². The summed E-state index contributed by atoms with van der Waals surface area (Å²) in [5.74, 6) is -0.244. The van der Waals surface area contributed by atoms with Gasteiger partial charge in [-0.25, -0.2) is 13.8 Å². The Bertz CT molecular complexity index is 2020. The lowest BCUT2D eigenvalue weighted by Gasteiger charge is -2.37. The van der Waals surface area contributed by atoms with Crippen LogP contribution in [0.3, 0.4) is 0 Å². The monoisotopic (exact) mass is 827 g/mol. The average molecular weight is 828 g/mol. The molecule has 6 rings (SSSR count). The lowest BCUT2D eigenvalue weighted by atomic mass is 9.80. The molecule has 2 N–H and O–H groups in total. The summed E-state index contributed by atoms with van der Waals surface area (Å²) in [6.07, 6.45) is 8.79. The second-order valence-electron chi connectivity index (χ2n) is 15.4. The Morgan fingerprint density at radius 1 is 0.817 bits per heavy atom. The Kier molecular flexibility index (Phi) is 16.5. The lowest BCUT2D eigenvalue weighted by molar-refractivity contribution is -0.121. The van der Waals surface area contributed by atoms with E-state index in [9.17, 15) is 18.7 Å². The topological polar surface area (TPSA) is 113 Å². The highest BCUT2D eigenvalue weighted by Crippen LogP contribution is 2.43. The molecule has 0 unspecified atom stereocenters. The van der Waals surface area contributed by atoms with Gasteiger partial charge < -0.3 is 38.7 Å². The van der Waals surface area contributed by atoms with Gasteiger partial charge in [0, 0.05) is 31.7 Å². The number of benzene rings is 4. The van der Waals surface area contributed by atoms with Crippen molar-refractivity contribution in [3.63, 3.8) is 0 Å². The molecule has 1 fully saturated rings. The second-order valence-corrected chi connectivity index (χ2v) is 15.4. The lowest BCUT2D eigenvalue weighted by Crippen LogP contribution is -2.40. The first-order valence-corrected chi connectivity index (χ1v) is 21.3. The number of nitrogens with one attached hydrogen (secondary N) is 1. The first-order chi connectivity index (χ1) is 29.3. The van der Waals surface area contributed by atoms with Crippen LogP contribution >= 0.6 is 0 Å². The quantitative estimate of drug-likeness (QED) is 0.0468. The Labute approximate surface area is 352 Å². The Morgan fingerprint density at radius 2 is 1.42 bits per heavy atom. The maximum Gasteiger partial charge on any atom is 0.219 e. The van der Waals surface area contributed by atoms with Crippen molar-refractivity contribution in [2.75, 3.05) is 34.0 Å². The van der Waals surface area contributed by atoms with E-state index in [1.165, 1.54) is 55.5 Å². The molecule has 1 saturated heterocycles. The summed E-state index contributed by atoms with van der Waals surface area (Å²) in [6.45, 7) is 2.67. The number of aromatic nitrogens is 2. The normalized spacial score (nSPS) is 17.9. The summed E-state index contributed by atoms with van der Waals surface area (Å²) in [5, 5.41) is 15.0. The Balaban J connectivity index is 1.18. The first-order valence-electron chi connectivity index (χ1n) is 21.3. The number of carbonyl (C=O) groups excluding carboxylic acids is 1. The van der Waals surface area contributed by atoms with Crippen molar-refractivity contribution in [2.24, 2.45) is 0 Å². The molecule has 0 bridgehead atoms. The van der Waals surface area contributed by atoms with Gasteiger partial charge in [0.05, 0.1) is 32.7 Å². The third kappa shape index (κ3) is 10.9. The predicted molar refractivity (Wildman–Crippen MR) is 227 cm³/mol. The molecule has 4 atom stereocenters. The standard InChI is InChI=1S/C48H59F2N3O7/c1-4-5-6-7-8-9-10-11-15-19-43(54)51-28-16-29-58-46-45(55)42(60-47(46)53-33-52-44-40(50)30-37(49)31-41(44)53)32-59-48(34-17-13-12-14-18-34,35-20-24-38(56-2)25-21-35)36-22-26-39(57-3)27-23-36/h12-14,17-18,20-27,30-31,33,42,45-47,55H,4-11,15-16,19,28-29,32H2,1-3H3,(H,51,54)/t42-,45-,46-,47-/m1/s1. The number of carbonyl (C=O) groups is 1. The minimum Gasteiger partial charge on any atom is -0.497 e. The number of hydrogen-bond donors (Lipinski definition) is 2. The summed E-state index contributed by atoms with van der Waals surface area (Å²) in [6, 6.07) is 26.9. The van der Waals surface area contributed by atoms with Crippen LogP contribution in [-0.4, -0.2) is 72.9 Å². The predicted octanol–water partition coefficient (Wildman–Crippen LogP) is 9.41. The molecule has 4 aromatic carbocycles. The van der Waals surface area contributed by atoms with E-state index in [4.69, 9.17) is 23.7 Å². The molecule has 0 radical (unpaired) electrons. The molecule has 1 aliphatic rings. The number of aliphatic hydroxyl groups is 1. The number of unbranched alkanes of at least 4 members (excludes halogenated alkanes) is 8. The highest BCUT2D eigenvalue weighted by atomic mass is 19.1. The van der Waals surface area contributed by atoms with Crippen molar-refractivity contribution in [2.45, 2.75) is 108 Å². The zero-order valence-electron chi connectivity index (χ0n) is 35.0. The molecule has 5 aromatic rings. The summed E-state index contributed by atoms with van der Waals surface area (Å²) in [4.78, 5) is 16.8. The number of imidazole rings is 1. The highest BCUT2D eigenvalue weighted by Gasteiger charge is 2.48. The number of amides is 1. The van der Waals surface area contributed by atoms with E-state index in [1.807, 2.05) is 78.9 Å². The van der Waals surface area contributed by atoms with Crippen molar-refractivity contribution in [1.82, 2.24) is 14.9 Å². The minimum absolute atomic E-state index is 0.00169. The minimum atomic E-state index is -1.23. The van der Waals surface area contributed by atoms with Crippen molar-refractivity contribution < 1.29 is 42.4 Å². The molecule has 1 aromatic heterocycles. The van der Waals surface area contributed by atoms with Crippen LogP contribution in [0.25, 0.3) is 11.0 Å². The molecular weight excluding hydrogens is 769 g/mol. The zero-order chi connectivity index (χ0) is 42.3. The third-order valence-electron chi connectivity index (χ3n) is 11.3. The van der Waals surface area contributed by atoms with Crippen LogP contribution < -0.4 is 14.8 Å². The van der Waals surface area contributed by atoms with Crippen molar-refractivity contribution >= 4 is 16.9 Å². The van der Waals surface area contributed by atoms with Crippen LogP contribution in [0.15, 0.2) is 97.3 Å². The number of halogens is 2. The molecule has 12 heteroatoms. The van der Waals surface area contributed by atoms with Crippen molar-refractivity contribution in [3.05, 3.63) is 126 Å². The number of ether oxygens (including phenoxy) is 5. The summed E-state index contributed by atoms with van der Waals surface area (Å²) in [5.41, 5.74) is 1.33. The van der Waals surface area contributed by atoms with Gasteiger partial charge in [0.25, 0.3) is 0 Å². The zero-order valence-corrected chi connectivity index (χ0v) is 35.0. The number of nitrogens with zero attached hydrogens (tertiary/aromatic N) is 2. The second kappa shape index (κ2) is 22.1. The van der Waals surface area contributed by atoms with E-state index in [0.29, 0.717) is 30.9 Å².